The molecular weight excluding hydrogens is 753 g/mol. The fourth-order valence-corrected chi connectivity index (χ4v) is 10.2. The summed E-state index contributed by atoms with van der Waals surface area (Å²) in [5, 5.41) is 0. The minimum atomic E-state index is -0.557. The van der Waals surface area contributed by atoms with Gasteiger partial charge >= 0.3 is 0 Å². The lowest BCUT2D eigenvalue weighted by Gasteiger charge is -2.40. The van der Waals surface area contributed by atoms with Crippen molar-refractivity contribution in [3.05, 3.63) is 258 Å². The third-order valence-electron chi connectivity index (χ3n) is 12.9. The standard InChI is InChI=1S/C59H40N2O/c1-3-18-39(19-4-1)41-22-15-24-43(36-41)54-38-55(61-58(60-54)44-25-16-23-42(37-44)40-20-5-2-6-21-40)48-29-8-7-26-45(48)49-30-17-34-53-57(49)62-56-35-14-13-33-52(56)59(53)50-31-11-9-27-46(50)47-28-10-12-32-51(47)59/h1-36,38,44H,37H2. The Balaban J connectivity index is 1.05. The maximum atomic E-state index is 7.14. The van der Waals surface area contributed by atoms with Gasteiger partial charge in [-0.15, -0.1) is 0 Å². The van der Waals surface area contributed by atoms with E-state index in [1.165, 1.54) is 39.0 Å². The molecule has 1 spiro atoms. The lowest BCUT2D eigenvalue weighted by molar-refractivity contribution is 0.438. The van der Waals surface area contributed by atoms with E-state index in [1.807, 2.05) is 0 Å². The first-order valence-corrected chi connectivity index (χ1v) is 21.4. The van der Waals surface area contributed by atoms with Crippen LogP contribution in [0, 0.1) is 0 Å². The highest BCUT2D eigenvalue weighted by molar-refractivity contribution is 5.93. The van der Waals surface area contributed by atoms with Gasteiger partial charge in [0.2, 0.25) is 0 Å². The smallest absolute Gasteiger partial charge is 0.140 e. The van der Waals surface area contributed by atoms with Crippen LogP contribution in [0.25, 0.3) is 61.5 Å². The summed E-state index contributed by atoms with van der Waals surface area (Å²) in [7, 11) is 0. The van der Waals surface area contributed by atoms with Crippen LogP contribution in [-0.4, -0.2) is 9.97 Å². The van der Waals surface area contributed by atoms with Crippen molar-refractivity contribution in [2.24, 2.45) is 0 Å². The average molecular weight is 793 g/mol. The van der Waals surface area contributed by atoms with E-state index < -0.39 is 5.41 Å². The highest BCUT2D eigenvalue weighted by Crippen LogP contribution is 2.63. The molecule has 3 nitrogen and oxygen atoms in total. The van der Waals surface area contributed by atoms with Crippen LogP contribution in [0.4, 0.5) is 0 Å². The molecule has 2 heterocycles. The number of allylic oxidation sites excluding steroid dienone is 4. The molecule has 12 rings (SSSR count). The Morgan fingerprint density at radius 1 is 0.419 bits per heavy atom. The van der Waals surface area contributed by atoms with Crippen LogP contribution in [0.5, 0.6) is 11.5 Å². The summed E-state index contributed by atoms with van der Waals surface area (Å²) in [6, 6.07) is 73.7. The summed E-state index contributed by atoms with van der Waals surface area (Å²) in [5.74, 6) is 2.52. The third-order valence-corrected chi connectivity index (χ3v) is 12.9. The van der Waals surface area contributed by atoms with Crippen molar-refractivity contribution < 1.29 is 4.74 Å². The number of benzene rings is 8. The van der Waals surface area contributed by atoms with Crippen molar-refractivity contribution in [3.8, 4) is 67.4 Å². The molecule has 62 heavy (non-hydrogen) atoms. The molecule has 1 atom stereocenters. The van der Waals surface area contributed by atoms with E-state index in [0.29, 0.717) is 0 Å². The molecule has 292 valence electrons. The number of nitrogens with zero attached hydrogens (tertiary/aromatic N) is 2. The third kappa shape index (κ3) is 5.73. The minimum Gasteiger partial charge on any atom is -0.456 e. The zero-order chi connectivity index (χ0) is 41.0. The molecule has 2 aliphatic carbocycles. The zero-order valence-corrected chi connectivity index (χ0v) is 33.9. The van der Waals surface area contributed by atoms with Gasteiger partial charge in [0.15, 0.2) is 0 Å². The first kappa shape index (κ1) is 36.0. The number of fused-ring (bicyclic) bond motifs is 9. The second-order valence-electron chi connectivity index (χ2n) is 16.4. The van der Waals surface area contributed by atoms with E-state index in [1.54, 1.807) is 0 Å². The summed E-state index contributed by atoms with van der Waals surface area (Å²) in [5.41, 5.74) is 17.5. The van der Waals surface area contributed by atoms with Crippen LogP contribution in [0.15, 0.2) is 224 Å². The average Bonchev–Trinajstić information content (AvgIpc) is 3.65. The molecule has 0 saturated carbocycles. The van der Waals surface area contributed by atoms with Crippen molar-refractivity contribution in [1.82, 2.24) is 9.97 Å². The molecule has 8 aromatic carbocycles. The van der Waals surface area contributed by atoms with Crippen LogP contribution in [0.1, 0.15) is 46.0 Å². The quantitative estimate of drug-likeness (QED) is 0.168. The van der Waals surface area contributed by atoms with Crippen molar-refractivity contribution in [3.63, 3.8) is 0 Å². The van der Waals surface area contributed by atoms with E-state index in [-0.39, 0.29) is 5.92 Å². The Hall–Kier alpha value is -7.88. The van der Waals surface area contributed by atoms with Crippen LogP contribution >= 0.6 is 0 Å². The van der Waals surface area contributed by atoms with Gasteiger partial charge in [0, 0.05) is 33.7 Å². The second-order valence-corrected chi connectivity index (χ2v) is 16.4. The Bertz CT molecular complexity index is 3210. The number of aromatic nitrogens is 2. The van der Waals surface area contributed by atoms with Crippen LogP contribution < -0.4 is 4.74 Å². The summed E-state index contributed by atoms with van der Waals surface area (Å²) >= 11 is 0. The number of rotatable bonds is 6. The maximum absolute atomic E-state index is 7.14. The molecule has 1 aliphatic heterocycles. The van der Waals surface area contributed by atoms with E-state index in [4.69, 9.17) is 14.7 Å². The number of hydrogen-bond acceptors (Lipinski definition) is 3. The van der Waals surface area contributed by atoms with Crippen LogP contribution in [0.2, 0.25) is 0 Å². The van der Waals surface area contributed by atoms with Crippen molar-refractivity contribution >= 4 is 5.57 Å². The number of hydrogen-bond donors (Lipinski definition) is 0. The van der Waals surface area contributed by atoms with Gasteiger partial charge in [-0.1, -0.05) is 206 Å². The van der Waals surface area contributed by atoms with Crippen molar-refractivity contribution in [1.29, 1.82) is 0 Å². The molecule has 3 heteroatoms. The van der Waals surface area contributed by atoms with Crippen LogP contribution in [-0.2, 0) is 5.41 Å². The van der Waals surface area contributed by atoms with Crippen molar-refractivity contribution in [2.45, 2.75) is 17.8 Å². The van der Waals surface area contributed by atoms with E-state index in [0.717, 1.165) is 74.1 Å². The molecule has 0 N–H and O–H groups in total. The Kier molecular flexibility index (Phi) is 8.53. The zero-order valence-electron chi connectivity index (χ0n) is 33.9. The maximum Gasteiger partial charge on any atom is 0.140 e. The first-order valence-electron chi connectivity index (χ1n) is 21.4. The predicted molar refractivity (Wildman–Crippen MR) is 252 cm³/mol. The molecule has 1 aromatic heterocycles. The van der Waals surface area contributed by atoms with E-state index in [2.05, 4.69) is 224 Å². The van der Waals surface area contributed by atoms with Gasteiger partial charge in [0.05, 0.1) is 16.8 Å². The number of para-hydroxylation sites is 2. The van der Waals surface area contributed by atoms with Gasteiger partial charge in [0.1, 0.15) is 17.3 Å². The lowest BCUT2D eigenvalue weighted by Crippen LogP contribution is -2.32. The monoisotopic (exact) mass is 792 g/mol. The molecule has 9 aromatic rings. The predicted octanol–water partition coefficient (Wildman–Crippen LogP) is 14.7. The molecule has 3 aliphatic rings. The summed E-state index contributed by atoms with van der Waals surface area (Å²) in [6.45, 7) is 0. The van der Waals surface area contributed by atoms with Gasteiger partial charge in [0.25, 0.3) is 0 Å². The Morgan fingerprint density at radius 3 is 1.73 bits per heavy atom. The van der Waals surface area contributed by atoms with E-state index >= 15 is 0 Å². The molecule has 1 unspecified atom stereocenters. The minimum absolute atomic E-state index is 0.00921. The summed E-state index contributed by atoms with van der Waals surface area (Å²) < 4.78 is 7.14. The van der Waals surface area contributed by atoms with Gasteiger partial charge in [-0.3, -0.25) is 0 Å². The van der Waals surface area contributed by atoms with Crippen molar-refractivity contribution in [2.75, 3.05) is 0 Å². The van der Waals surface area contributed by atoms with Gasteiger partial charge in [-0.2, -0.15) is 0 Å². The van der Waals surface area contributed by atoms with E-state index in [9.17, 15) is 0 Å². The molecular formula is C59H40N2O. The van der Waals surface area contributed by atoms with Gasteiger partial charge in [-0.25, -0.2) is 9.97 Å². The molecule has 0 bridgehead atoms. The summed E-state index contributed by atoms with van der Waals surface area (Å²) in [6.07, 6.45) is 7.44. The topological polar surface area (TPSA) is 35.0 Å². The van der Waals surface area contributed by atoms with Crippen LogP contribution in [0.3, 0.4) is 0 Å². The fourth-order valence-electron chi connectivity index (χ4n) is 10.2. The molecule has 0 radical (unpaired) electrons. The first-order chi connectivity index (χ1) is 30.7. The summed E-state index contributed by atoms with van der Waals surface area (Å²) in [4.78, 5) is 10.9. The SMILES string of the molecule is C1=CC(c2nc(-c3cccc(-c4ccccc4)c3)cc(-c3ccccc3-c3cccc4c3Oc3ccccc3C43c4ccccc4-c4ccccc43)n2)CC(c2ccccc2)=C1. The molecule has 0 fully saturated rings. The Morgan fingerprint density at radius 2 is 0.968 bits per heavy atom. The normalized spacial score (nSPS) is 15.2. The fraction of sp³-hybridized carbons (Fsp3) is 0.0508. The molecule has 0 amide bonds. The lowest BCUT2D eigenvalue weighted by atomic mass is 9.65. The highest BCUT2D eigenvalue weighted by Gasteiger charge is 2.51. The van der Waals surface area contributed by atoms with Gasteiger partial charge < -0.3 is 4.74 Å². The van der Waals surface area contributed by atoms with Gasteiger partial charge in [-0.05, 0) is 74.7 Å². The largest absolute Gasteiger partial charge is 0.456 e. The highest BCUT2D eigenvalue weighted by atomic mass is 16.5. The Labute approximate surface area is 362 Å². The molecule has 0 saturated heterocycles. The number of ether oxygens (including phenoxy) is 1. The second kappa shape index (κ2) is 14.7.